The summed E-state index contributed by atoms with van der Waals surface area (Å²) < 4.78 is 34.0. The molecule has 7 heteroatoms. The van der Waals surface area contributed by atoms with Crippen molar-refractivity contribution < 1.29 is 13.5 Å². The third-order valence-electron chi connectivity index (χ3n) is 4.07. The number of nitrogens with zero attached hydrogens (tertiary/aromatic N) is 2. The number of ether oxygens (including phenoxy) is 1. The molecule has 1 aromatic heterocycles. The van der Waals surface area contributed by atoms with Crippen molar-refractivity contribution in [2.24, 2.45) is 0 Å². The van der Waals surface area contributed by atoms with Crippen molar-refractivity contribution in [3.8, 4) is 0 Å². The molecule has 0 aliphatic carbocycles. The van der Waals surface area contributed by atoms with Crippen LogP contribution < -0.4 is 5.56 Å². The summed E-state index contributed by atoms with van der Waals surface area (Å²) in [6, 6.07) is 10.7. The van der Waals surface area contributed by atoms with Gasteiger partial charge in [-0.15, -0.1) is 0 Å². The van der Waals surface area contributed by atoms with Crippen molar-refractivity contribution in [3.05, 3.63) is 70.0 Å². The predicted molar refractivity (Wildman–Crippen MR) is 103 cm³/mol. The number of para-hydroxylation sites is 1. The Morgan fingerprint density at radius 1 is 1.19 bits per heavy atom. The quantitative estimate of drug-likeness (QED) is 0.325. The van der Waals surface area contributed by atoms with E-state index in [0.717, 1.165) is 6.07 Å². The zero-order chi connectivity index (χ0) is 19.2. The second-order valence-corrected chi connectivity index (χ2v) is 6.89. The minimum Gasteiger partial charge on any atom is -0.382 e. The molecule has 27 heavy (non-hydrogen) atoms. The molecule has 0 saturated heterocycles. The first-order valence-electron chi connectivity index (χ1n) is 8.74. The number of benzene rings is 2. The molecule has 0 saturated carbocycles. The summed E-state index contributed by atoms with van der Waals surface area (Å²) in [5.74, 6) is -0.964. The Morgan fingerprint density at radius 2 is 2.00 bits per heavy atom. The van der Waals surface area contributed by atoms with Gasteiger partial charge in [-0.05, 0) is 37.1 Å². The van der Waals surface area contributed by atoms with E-state index in [1.165, 1.54) is 23.9 Å². The van der Waals surface area contributed by atoms with Crippen LogP contribution in [0.15, 0.2) is 52.4 Å². The number of thioether (sulfide) groups is 1. The van der Waals surface area contributed by atoms with Crippen molar-refractivity contribution in [2.75, 3.05) is 13.2 Å². The van der Waals surface area contributed by atoms with Gasteiger partial charge >= 0.3 is 0 Å². The maximum absolute atomic E-state index is 13.9. The Kier molecular flexibility index (Phi) is 6.58. The normalized spacial score (nSPS) is 11.2. The van der Waals surface area contributed by atoms with Crippen molar-refractivity contribution in [2.45, 2.75) is 30.8 Å². The van der Waals surface area contributed by atoms with Gasteiger partial charge in [0.1, 0.15) is 11.6 Å². The molecule has 0 aliphatic rings. The summed E-state index contributed by atoms with van der Waals surface area (Å²) >= 11 is 1.26. The van der Waals surface area contributed by atoms with Gasteiger partial charge in [-0.2, -0.15) is 0 Å². The van der Waals surface area contributed by atoms with Gasteiger partial charge in [0.15, 0.2) is 5.16 Å². The topological polar surface area (TPSA) is 44.1 Å². The molecule has 3 aromatic rings. The van der Waals surface area contributed by atoms with Gasteiger partial charge in [0.2, 0.25) is 0 Å². The lowest BCUT2D eigenvalue weighted by Gasteiger charge is -2.13. The van der Waals surface area contributed by atoms with Crippen molar-refractivity contribution in [1.29, 1.82) is 0 Å². The van der Waals surface area contributed by atoms with E-state index >= 15 is 0 Å². The maximum atomic E-state index is 13.9. The highest BCUT2D eigenvalue weighted by Crippen LogP contribution is 2.24. The monoisotopic (exact) mass is 390 g/mol. The van der Waals surface area contributed by atoms with Gasteiger partial charge in [0, 0.05) is 31.6 Å². The summed E-state index contributed by atoms with van der Waals surface area (Å²) in [4.78, 5) is 17.5. The van der Waals surface area contributed by atoms with Crippen LogP contribution >= 0.6 is 11.8 Å². The molecule has 2 aromatic carbocycles. The lowest BCUT2D eigenvalue weighted by atomic mass is 10.2. The van der Waals surface area contributed by atoms with Crippen molar-refractivity contribution in [3.63, 3.8) is 0 Å². The van der Waals surface area contributed by atoms with E-state index in [9.17, 15) is 13.6 Å². The molecule has 0 bridgehead atoms. The molecular weight excluding hydrogens is 370 g/mol. The SMILES string of the molecule is CCOCCCn1c(SCc2ccc(F)cc2F)nc2ccccc2c1=O. The van der Waals surface area contributed by atoms with Gasteiger partial charge in [-0.3, -0.25) is 9.36 Å². The molecule has 0 unspecified atom stereocenters. The van der Waals surface area contributed by atoms with E-state index in [1.807, 2.05) is 13.0 Å². The Labute approximate surface area is 160 Å². The first-order valence-corrected chi connectivity index (χ1v) is 9.72. The van der Waals surface area contributed by atoms with Crippen LogP contribution in [0.25, 0.3) is 10.9 Å². The lowest BCUT2D eigenvalue weighted by molar-refractivity contribution is 0.140. The summed E-state index contributed by atoms with van der Waals surface area (Å²) in [7, 11) is 0. The van der Waals surface area contributed by atoms with Crippen molar-refractivity contribution >= 4 is 22.7 Å². The molecular formula is C20H20F2N2O2S. The van der Waals surface area contributed by atoms with Gasteiger partial charge < -0.3 is 4.74 Å². The van der Waals surface area contributed by atoms with Crippen LogP contribution in [0, 0.1) is 11.6 Å². The molecule has 142 valence electrons. The minimum absolute atomic E-state index is 0.126. The second kappa shape index (κ2) is 9.10. The Balaban J connectivity index is 1.90. The van der Waals surface area contributed by atoms with Gasteiger partial charge in [0.05, 0.1) is 10.9 Å². The molecule has 0 N–H and O–H groups in total. The molecule has 3 rings (SSSR count). The number of halogens is 2. The van der Waals surface area contributed by atoms with E-state index in [4.69, 9.17) is 4.74 Å². The van der Waals surface area contributed by atoms with E-state index < -0.39 is 11.6 Å². The highest BCUT2D eigenvalue weighted by Gasteiger charge is 2.13. The van der Waals surface area contributed by atoms with Gasteiger partial charge in [0.25, 0.3) is 5.56 Å². The second-order valence-electron chi connectivity index (χ2n) is 5.94. The Bertz CT molecular complexity index is 991. The molecule has 1 heterocycles. The summed E-state index contributed by atoms with van der Waals surface area (Å²) in [5, 5.41) is 1.06. The third-order valence-corrected chi connectivity index (χ3v) is 5.10. The van der Waals surface area contributed by atoms with E-state index in [0.29, 0.717) is 47.8 Å². The Hall–Kier alpha value is -2.25. The number of aromatic nitrogens is 2. The predicted octanol–water partition coefficient (Wildman–Crippen LogP) is 4.39. The van der Waals surface area contributed by atoms with Crippen LogP contribution in [-0.2, 0) is 17.0 Å². The summed E-state index contributed by atoms with van der Waals surface area (Å²) in [5.41, 5.74) is 0.842. The zero-order valence-electron chi connectivity index (χ0n) is 15.0. The lowest BCUT2D eigenvalue weighted by Crippen LogP contribution is -2.24. The maximum Gasteiger partial charge on any atom is 0.262 e. The van der Waals surface area contributed by atoms with E-state index in [-0.39, 0.29) is 11.3 Å². The number of rotatable bonds is 8. The highest BCUT2D eigenvalue weighted by molar-refractivity contribution is 7.98. The molecule has 0 aliphatic heterocycles. The number of hydrogen-bond donors (Lipinski definition) is 0. The van der Waals surface area contributed by atoms with Crippen LogP contribution in [0.1, 0.15) is 18.9 Å². The molecule has 0 amide bonds. The number of fused-ring (bicyclic) bond motifs is 1. The number of hydrogen-bond acceptors (Lipinski definition) is 4. The van der Waals surface area contributed by atoms with Crippen LogP contribution in [-0.4, -0.2) is 22.8 Å². The minimum atomic E-state index is -0.613. The molecule has 0 atom stereocenters. The molecule has 0 spiro atoms. The summed E-state index contributed by atoms with van der Waals surface area (Å²) in [6.07, 6.45) is 0.673. The average molecular weight is 390 g/mol. The summed E-state index contributed by atoms with van der Waals surface area (Å²) in [6.45, 7) is 3.55. The largest absolute Gasteiger partial charge is 0.382 e. The third kappa shape index (κ3) is 4.73. The van der Waals surface area contributed by atoms with Crippen molar-refractivity contribution in [1.82, 2.24) is 9.55 Å². The Morgan fingerprint density at radius 3 is 2.78 bits per heavy atom. The smallest absolute Gasteiger partial charge is 0.262 e. The van der Waals surface area contributed by atoms with Gasteiger partial charge in [-0.25, -0.2) is 13.8 Å². The van der Waals surface area contributed by atoms with E-state index in [1.54, 1.807) is 22.8 Å². The van der Waals surface area contributed by atoms with Crippen LogP contribution in [0.4, 0.5) is 8.78 Å². The fraction of sp³-hybridized carbons (Fsp3) is 0.300. The first kappa shape index (κ1) is 19.5. The first-order chi connectivity index (χ1) is 13.1. The van der Waals surface area contributed by atoms with Crippen LogP contribution in [0.3, 0.4) is 0 Å². The standard InChI is InChI=1S/C20H20F2N2O2S/c1-2-26-11-5-10-24-19(25)16-6-3-4-7-18(16)23-20(24)27-13-14-8-9-15(21)12-17(14)22/h3-4,6-9,12H,2,5,10-11,13H2,1H3. The molecule has 0 radical (unpaired) electrons. The average Bonchev–Trinajstić information content (AvgIpc) is 2.66. The van der Waals surface area contributed by atoms with Crippen LogP contribution in [0.5, 0.6) is 0 Å². The van der Waals surface area contributed by atoms with Gasteiger partial charge in [-0.1, -0.05) is 30.0 Å². The zero-order valence-corrected chi connectivity index (χ0v) is 15.8. The fourth-order valence-corrected chi connectivity index (χ4v) is 3.72. The fourth-order valence-electron chi connectivity index (χ4n) is 2.71. The van der Waals surface area contributed by atoms with E-state index in [2.05, 4.69) is 4.98 Å². The molecule has 0 fully saturated rings. The molecule has 4 nitrogen and oxygen atoms in total. The highest BCUT2D eigenvalue weighted by atomic mass is 32.2. The van der Waals surface area contributed by atoms with Crippen LogP contribution in [0.2, 0.25) is 0 Å².